The molecule has 0 unspecified atom stereocenters. The third-order valence-corrected chi connectivity index (χ3v) is 7.10. The first-order chi connectivity index (χ1) is 15.2. The standard InChI is InChI=1S/C23H22Cl2N2O4S/c1-16(17-8-11-19(31-2)12-9-17)26-23(28)15-27(22-13-10-18(24)14-21(22)25)32(29,30)20-6-4-3-5-7-20/h3-14,16H,15H2,1-2H3,(H,26,28)/t16-/m1/s1. The highest BCUT2D eigenvalue weighted by Gasteiger charge is 2.29. The van der Waals surface area contributed by atoms with E-state index in [2.05, 4.69) is 5.32 Å². The smallest absolute Gasteiger partial charge is 0.264 e. The topological polar surface area (TPSA) is 75.7 Å². The summed E-state index contributed by atoms with van der Waals surface area (Å²) >= 11 is 12.3. The highest BCUT2D eigenvalue weighted by Crippen LogP contribution is 2.32. The normalized spacial score (nSPS) is 12.1. The van der Waals surface area contributed by atoms with Crippen molar-refractivity contribution in [1.82, 2.24) is 5.32 Å². The number of carbonyl (C=O) groups excluding carboxylic acids is 1. The highest BCUT2D eigenvalue weighted by molar-refractivity contribution is 7.92. The molecule has 0 heterocycles. The van der Waals surface area contributed by atoms with Crippen LogP contribution in [0.25, 0.3) is 0 Å². The van der Waals surface area contributed by atoms with Crippen molar-refractivity contribution in [2.45, 2.75) is 17.9 Å². The van der Waals surface area contributed by atoms with Gasteiger partial charge >= 0.3 is 0 Å². The molecular formula is C23H22Cl2N2O4S. The van der Waals surface area contributed by atoms with Gasteiger partial charge in [-0.2, -0.15) is 0 Å². The lowest BCUT2D eigenvalue weighted by Gasteiger charge is -2.26. The van der Waals surface area contributed by atoms with Crippen LogP contribution in [-0.4, -0.2) is 28.0 Å². The second-order valence-electron chi connectivity index (χ2n) is 6.98. The lowest BCUT2D eigenvalue weighted by atomic mass is 10.1. The lowest BCUT2D eigenvalue weighted by Crippen LogP contribution is -2.41. The van der Waals surface area contributed by atoms with Crippen molar-refractivity contribution in [1.29, 1.82) is 0 Å². The van der Waals surface area contributed by atoms with E-state index >= 15 is 0 Å². The molecule has 0 spiro atoms. The molecule has 3 aromatic carbocycles. The van der Waals surface area contributed by atoms with Gasteiger partial charge in [0.05, 0.1) is 28.8 Å². The minimum atomic E-state index is -4.07. The Kier molecular flexibility index (Phi) is 7.66. The third kappa shape index (κ3) is 5.54. The first-order valence-electron chi connectivity index (χ1n) is 9.68. The van der Waals surface area contributed by atoms with E-state index in [0.717, 1.165) is 9.87 Å². The molecule has 0 radical (unpaired) electrons. The third-order valence-electron chi connectivity index (χ3n) is 4.79. The molecule has 0 aliphatic heterocycles. The van der Waals surface area contributed by atoms with Crippen molar-refractivity contribution in [3.63, 3.8) is 0 Å². The van der Waals surface area contributed by atoms with E-state index in [1.54, 1.807) is 37.4 Å². The number of carbonyl (C=O) groups is 1. The van der Waals surface area contributed by atoms with Gasteiger partial charge in [0.25, 0.3) is 10.0 Å². The molecule has 1 amide bonds. The summed E-state index contributed by atoms with van der Waals surface area (Å²) in [5.74, 6) is 0.212. The summed E-state index contributed by atoms with van der Waals surface area (Å²) < 4.78 is 32.9. The van der Waals surface area contributed by atoms with Gasteiger partial charge in [0.1, 0.15) is 12.3 Å². The van der Waals surface area contributed by atoms with E-state index in [9.17, 15) is 13.2 Å². The van der Waals surface area contributed by atoms with Crippen LogP contribution in [0.3, 0.4) is 0 Å². The summed E-state index contributed by atoms with van der Waals surface area (Å²) in [5.41, 5.74) is 1.01. The molecule has 168 valence electrons. The second kappa shape index (κ2) is 10.3. The van der Waals surface area contributed by atoms with Crippen LogP contribution in [0.15, 0.2) is 77.7 Å². The number of sulfonamides is 1. The van der Waals surface area contributed by atoms with Gasteiger partial charge in [-0.05, 0) is 55.0 Å². The minimum absolute atomic E-state index is 0.0435. The number of rotatable bonds is 8. The number of ether oxygens (including phenoxy) is 1. The number of hydrogen-bond acceptors (Lipinski definition) is 4. The van der Waals surface area contributed by atoms with E-state index < -0.39 is 22.5 Å². The van der Waals surface area contributed by atoms with Crippen LogP contribution in [0, 0.1) is 0 Å². The molecule has 9 heteroatoms. The average Bonchev–Trinajstić information content (AvgIpc) is 2.78. The number of nitrogens with zero attached hydrogens (tertiary/aromatic N) is 1. The number of nitrogens with one attached hydrogen (secondary N) is 1. The minimum Gasteiger partial charge on any atom is -0.497 e. The Balaban J connectivity index is 1.89. The van der Waals surface area contributed by atoms with Gasteiger partial charge in [-0.25, -0.2) is 8.42 Å². The largest absolute Gasteiger partial charge is 0.497 e. The van der Waals surface area contributed by atoms with Crippen molar-refractivity contribution < 1.29 is 17.9 Å². The maximum Gasteiger partial charge on any atom is 0.264 e. The molecule has 0 aliphatic carbocycles. The van der Waals surface area contributed by atoms with Gasteiger partial charge in [-0.1, -0.05) is 53.5 Å². The maximum absolute atomic E-state index is 13.4. The first kappa shape index (κ1) is 23.9. The van der Waals surface area contributed by atoms with E-state index in [1.807, 2.05) is 19.1 Å². The highest BCUT2D eigenvalue weighted by atomic mass is 35.5. The predicted octanol–water partition coefficient (Wildman–Crippen LogP) is 5.07. The number of amides is 1. The van der Waals surface area contributed by atoms with Gasteiger partial charge in [0.2, 0.25) is 5.91 Å². The fourth-order valence-electron chi connectivity index (χ4n) is 3.10. The lowest BCUT2D eigenvalue weighted by molar-refractivity contribution is -0.120. The summed E-state index contributed by atoms with van der Waals surface area (Å²) in [5, 5.41) is 3.31. The molecular weight excluding hydrogens is 471 g/mol. The van der Waals surface area contributed by atoms with Crippen LogP contribution in [0.5, 0.6) is 5.75 Å². The molecule has 0 saturated heterocycles. The molecule has 6 nitrogen and oxygen atoms in total. The van der Waals surface area contributed by atoms with Crippen molar-refractivity contribution in [2.75, 3.05) is 18.0 Å². The fourth-order valence-corrected chi connectivity index (χ4v) is 5.12. The first-order valence-corrected chi connectivity index (χ1v) is 11.9. The van der Waals surface area contributed by atoms with Crippen molar-refractivity contribution in [3.8, 4) is 5.75 Å². The Morgan fingerprint density at radius 3 is 2.28 bits per heavy atom. The second-order valence-corrected chi connectivity index (χ2v) is 9.69. The van der Waals surface area contributed by atoms with E-state index in [4.69, 9.17) is 27.9 Å². The molecule has 1 atom stereocenters. The number of anilines is 1. The fraction of sp³-hybridized carbons (Fsp3) is 0.174. The summed E-state index contributed by atoms with van der Waals surface area (Å²) in [4.78, 5) is 12.9. The zero-order chi connectivity index (χ0) is 23.3. The van der Waals surface area contributed by atoms with E-state index in [-0.39, 0.29) is 21.6 Å². The van der Waals surface area contributed by atoms with Crippen molar-refractivity contribution >= 4 is 44.8 Å². The Morgan fingerprint density at radius 2 is 1.69 bits per heavy atom. The Bertz CT molecular complexity index is 1190. The molecule has 0 fully saturated rings. The van der Waals surface area contributed by atoms with Crippen LogP contribution in [0.1, 0.15) is 18.5 Å². The Labute approximate surface area is 197 Å². The van der Waals surface area contributed by atoms with E-state index in [1.165, 1.54) is 30.3 Å². The molecule has 0 bridgehead atoms. The molecule has 0 aromatic heterocycles. The summed E-state index contributed by atoms with van der Waals surface area (Å²) in [6.45, 7) is 1.35. The van der Waals surface area contributed by atoms with Gasteiger partial charge < -0.3 is 10.1 Å². The zero-order valence-corrected chi connectivity index (χ0v) is 19.8. The summed E-state index contributed by atoms with van der Waals surface area (Å²) in [6.07, 6.45) is 0. The molecule has 0 aliphatic rings. The molecule has 32 heavy (non-hydrogen) atoms. The molecule has 3 rings (SSSR count). The van der Waals surface area contributed by atoms with Gasteiger partial charge in [-0.15, -0.1) is 0 Å². The monoisotopic (exact) mass is 492 g/mol. The molecule has 0 saturated carbocycles. The number of benzene rings is 3. The summed E-state index contributed by atoms with van der Waals surface area (Å²) in [7, 11) is -2.49. The quantitative estimate of drug-likeness (QED) is 0.475. The van der Waals surface area contributed by atoms with E-state index in [0.29, 0.717) is 10.8 Å². The summed E-state index contributed by atoms with van der Waals surface area (Å²) in [6, 6.07) is 19.2. The van der Waals surface area contributed by atoms with Crippen LogP contribution in [-0.2, 0) is 14.8 Å². The van der Waals surface area contributed by atoms with Gasteiger partial charge in [0.15, 0.2) is 0 Å². The SMILES string of the molecule is COc1ccc([C@@H](C)NC(=O)CN(c2ccc(Cl)cc2Cl)S(=O)(=O)c2ccccc2)cc1. The van der Waals surface area contributed by atoms with Crippen molar-refractivity contribution in [2.24, 2.45) is 0 Å². The van der Waals surface area contributed by atoms with Crippen LogP contribution < -0.4 is 14.4 Å². The van der Waals surface area contributed by atoms with Crippen LogP contribution >= 0.6 is 23.2 Å². The molecule has 3 aromatic rings. The number of hydrogen-bond donors (Lipinski definition) is 1. The van der Waals surface area contributed by atoms with Gasteiger partial charge in [-0.3, -0.25) is 9.10 Å². The maximum atomic E-state index is 13.4. The van der Waals surface area contributed by atoms with Crippen LogP contribution in [0.2, 0.25) is 10.0 Å². The Morgan fingerprint density at radius 1 is 1.03 bits per heavy atom. The number of methoxy groups -OCH3 is 1. The molecule has 1 N–H and O–H groups in total. The average molecular weight is 493 g/mol. The predicted molar refractivity (Wildman–Crippen MR) is 127 cm³/mol. The van der Waals surface area contributed by atoms with Crippen molar-refractivity contribution in [3.05, 3.63) is 88.4 Å². The van der Waals surface area contributed by atoms with Crippen LogP contribution in [0.4, 0.5) is 5.69 Å². The van der Waals surface area contributed by atoms with Gasteiger partial charge in [0, 0.05) is 5.02 Å². The number of halogens is 2. The zero-order valence-electron chi connectivity index (χ0n) is 17.5. The Hall–Kier alpha value is -2.74.